The molecule has 0 bridgehead atoms. The molecule has 0 heterocycles. The van der Waals surface area contributed by atoms with Crippen molar-refractivity contribution in [2.75, 3.05) is 0 Å². The molecule has 1 aromatic carbocycles. The summed E-state index contributed by atoms with van der Waals surface area (Å²) in [5.74, 6) is -1.78. The Labute approximate surface area is 120 Å². The van der Waals surface area contributed by atoms with Crippen molar-refractivity contribution in [3.05, 3.63) is 33.8 Å². The summed E-state index contributed by atoms with van der Waals surface area (Å²) in [5.41, 5.74) is 0.269. The van der Waals surface area contributed by atoms with Crippen LogP contribution in [0.5, 0.6) is 0 Å². The fraction of sp³-hybridized carbons (Fsp3) is 0.385. The molecule has 1 aliphatic carbocycles. The first-order chi connectivity index (χ1) is 9.00. The number of halogens is 2. The normalized spacial score (nSPS) is 22.2. The van der Waals surface area contributed by atoms with Crippen LogP contribution in [-0.4, -0.2) is 23.0 Å². The number of carbonyl (C=O) groups is 2. The lowest BCUT2D eigenvalue weighted by molar-refractivity contribution is -0.142. The Balaban J connectivity index is 2.13. The van der Waals surface area contributed by atoms with Crippen molar-refractivity contribution < 1.29 is 14.7 Å². The Morgan fingerprint density at radius 1 is 1.26 bits per heavy atom. The standard InChI is InChI=1S/C13H13Cl2NO3/c14-9-5-1-4-8(11(9)15)12(17)16-10-6-2-3-7(10)13(18)19/h1,4-5,7,10H,2-3,6H2,(H,16,17)(H,18,19)/t7-,10+/m1/s1. The lowest BCUT2D eigenvalue weighted by Crippen LogP contribution is -2.40. The van der Waals surface area contributed by atoms with E-state index in [1.807, 2.05) is 0 Å². The smallest absolute Gasteiger partial charge is 0.308 e. The van der Waals surface area contributed by atoms with E-state index in [0.29, 0.717) is 17.9 Å². The minimum absolute atomic E-state index is 0.187. The molecule has 4 nitrogen and oxygen atoms in total. The zero-order valence-corrected chi connectivity index (χ0v) is 11.5. The number of rotatable bonds is 3. The van der Waals surface area contributed by atoms with Crippen LogP contribution in [0.2, 0.25) is 10.0 Å². The van der Waals surface area contributed by atoms with Gasteiger partial charge in [-0.2, -0.15) is 0 Å². The first-order valence-electron chi connectivity index (χ1n) is 5.98. The SMILES string of the molecule is O=C(N[C@H]1CCC[C@H]1C(=O)O)c1cccc(Cl)c1Cl. The van der Waals surface area contributed by atoms with Gasteiger partial charge in [0, 0.05) is 6.04 Å². The van der Waals surface area contributed by atoms with Crippen LogP contribution in [-0.2, 0) is 4.79 Å². The Bertz CT molecular complexity index is 519. The van der Waals surface area contributed by atoms with Gasteiger partial charge in [-0.05, 0) is 25.0 Å². The van der Waals surface area contributed by atoms with E-state index in [1.54, 1.807) is 18.2 Å². The average Bonchev–Trinajstić information content (AvgIpc) is 2.80. The van der Waals surface area contributed by atoms with Crippen LogP contribution in [0.4, 0.5) is 0 Å². The minimum atomic E-state index is -0.875. The van der Waals surface area contributed by atoms with Crippen molar-refractivity contribution in [2.24, 2.45) is 5.92 Å². The number of carbonyl (C=O) groups excluding carboxylic acids is 1. The van der Waals surface area contributed by atoms with Gasteiger partial charge in [0.15, 0.2) is 0 Å². The zero-order chi connectivity index (χ0) is 14.0. The molecule has 0 aromatic heterocycles. The number of benzene rings is 1. The van der Waals surface area contributed by atoms with Crippen LogP contribution in [0.25, 0.3) is 0 Å². The average molecular weight is 302 g/mol. The second kappa shape index (κ2) is 5.80. The summed E-state index contributed by atoms with van der Waals surface area (Å²) in [6, 6.07) is 4.44. The van der Waals surface area contributed by atoms with E-state index in [0.717, 1.165) is 6.42 Å². The molecule has 1 aliphatic rings. The fourth-order valence-corrected chi connectivity index (χ4v) is 2.74. The summed E-state index contributed by atoms with van der Waals surface area (Å²) < 4.78 is 0. The van der Waals surface area contributed by atoms with Gasteiger partial charge in [-0.15, -0.1) is 0 Å². The quantitative estimate of drug-likeness (QED) is 0.902. The van der Waals surface area contributed by atoms with Gasteiger partial charge in [-0.3, -0.25) is 9.59 Å². The second-order valence-corrected chi connectivity index (χ2v) is 5.34. The molecule has 102 valence electrons. The van der Waals surface area contributed by atoms with Gasteiger partial charge in [0.25, 0.3) is 5.91 Å². The molecule has 2 rings (SSSR count). The third-order valence-electron chi connectivity index (χ3n) is 3.35. The van der Waals surface area contributed by atoms with Gasteiger partial charge in [0.05, 0.1) is 21.5 Å². The number of aliphatic carboxylic acids is 1. The Hall–Kier alpha value is -1.26. The lowest BCUT2D eigenvalue weighted by Gasteiger charge is -2.18. The van der Waals surface area contributed by atoms with Crippen molar-refractivity contribution >= 4 is 35.1 Å². The molecule has 1 fully saturated rings. The van der Waals surface area contributed by atoms with Crippen molar-refractivity contribution in [3.8, 4) is 0 Å². The van der Waals surface area contributed by atoms with Crippen molar-refractivity contribution in [1.29, 1.82) is 0 Å². The van der Waals surface area contributed by atoms with E-state index in [9.17, 15) is 9.59 Å². The maximum absolute atomic E-state index is 12.1. The van der Waals surface area contributed by atoms with Crippen molar-refractivity contribution in [2.45, 2.75) is 25.3 Å². The second-order valence-electron chi connectivity index (χ2n) is 4.56. The van der Waals surface area contributed by atoms with Gasteiger partial charge in [-0.25, -0.2) is 0 Å². The molecule has 0 spiro atoms. The van der Waals surface area contributed by atoms with Crippen LogP contribution in [0.15, 0.2) is 18.2 Å². The molecule has 0 aliphatic heterocycles. The van der Waals surface area contributed by atoms with Gasteiger partial charge >= 0.3 is 5.97 Å². The molecular formula is C13H13Cl2NO3. The summed E-state index contributed by atoms with van der Waals surface area (Å²) in [6.45, 7) is 0. The molecule has 6 heteroatoms. The van der Waals surface area contributed by atoms with Crippen molar-refractivity contribution in [1.82, 2.24) is 5.32 Å². The van der Waals surface area contributed by atoms with Gasteiger partial charge < -0.3 is 10.4 Å². The third-order valence-corrected chi connectivity index (χ3v) is 4.16. The van der Waals surface area contributed by atoms with Crippen LogP contribution >= 0.6 is 23.2 Å². The first kappa shape index (κ1) is 14.2. The largest absolute Gasteiger partial charge is 0.481 e. The van der Waals surface area contributed by atoms with Crippen LogP contribution in [0.1, 0.15) is 29.6 Å². The molecule has 1 saturated carbocycles. The van der Waals surface area contributed by atoms with E-state index in [4.69, 9.17) is 28.3 Å². The third kappa shape index (κ3) is 3.01. The topological polar surface area (TPSA) is 66.4 Å². The molecule has 1 amide bonds. The molecule has 2 atom stereocenters. The first-order valence-corrected chi connectivity index (χ1v) is 6.74. The van der Waals surface area contributed by atoms with Crippen LogP contribution < -0.4 is 5.32 Å². The molecule has 0 saturated heterocycles. The summed E-state index contributed by atoms with van der Waals surface area (Å²) in [5, 5.41) is 12.3. The highest BCUT2D eigenvalue weighted by atomic mass is 35.5. The van der Waals surface area contributed by atoms with Gasteiger partial charge in [-0.1, -0.05) is 35.7 Å². The number of amides is 1. The monoisotopic (exact) mass is 301 g/mol. The maximum Gasteiger partial charge on any atom is 0.308 e. The Kier molecular flexibility index (Phi) is 4.32. The predicted octanol–water partition coefficient (Wildman–Crippen LogP) is 2.98. The molecule has 1 aromatic rings. The van der Waals surface area contributed by atoms with Crippen LogP contribution in [0.3, 0.4) is 0 Å². The number of hydrogen-bond donors (Lipinski definition) is 2. The Morgan fingerprint density at radius 3 is 2.68 bits per heavy atom. The highest BCUT2D eigenvalue weighted by Crippen LogP contribution is 2.28. The number of carboxylic acids is 1. The summed E-state index contributed by atoms with van der Waals surface area (Å²) in [4.78, 5) is 23.1. The molecule has 19 heavy (non-hydrogen) atoms. The van der Waals surface area contributed by atoms with E-state index < -0.39 is 11.9 Å². The van der Waals surface area contributed by atoms with E-state index in [1.165, 1.54) is 0 Å². The zero-order valence-electron chi connectivity index (χ0n) is 10.0. The minimum Gasteiger partial charge on any atom is -0.481 e. The molecule has 2 N–H and O–H groups in total. The molecule has 0 unspecified atom stereocenters. The fourth-order valence-electron chi connectivity index (χ4n) is 2.35. The molecule has 0 radical (unpaired) electrons. The highest BCUT2D eigenvalue weighted by molar-refractivity contribution is 6.43. The highest BCUT2D eigenvalue weighted by Gasteiger charge is 2.34. The van der Waals surface area contributed by atoms with Crippen molar-refractivity contribution in [3.63, 3.8) is 0 Å². The number of nitrogens with one attached hydrogen (secondary N) is 1. The van der Waals surface area contributed by atoms with E-state index >= 15 is 0 Å². The lowest BCUT2D eigenvalue weighted by atomic mass is 10.0. The van der Waals surface area contributed by atoms with Gasteiger partial charge in [0.2, 0.25) is 0 Å². The van der Waals surface area contributed by atoms with Crippen LogP contribution in [0, 0.1) is 5.92 Å². The predicted molar refractivity (Wildman–Crippen MR) is 72.7 cm³/mol. The Morgan fingerprint density at radius 2 is 2.00 bits per heavy atom. The summed E-state index contributed by atoms with van der Waals surface area (Å²) >= 11 is 11.8. The van der Waals surface area contributed by atoms with Gasteiger partial charge in [0.1, 0.15) is 0 Å². The summed E-state index contributed by atoms with van der Waals surface area (Å²) in [7, 11) is 0. The van der Waals surface area contributed by atoms with E-state index in [-0.39, 0.29) is 22.5 Å². The van der Waals surface area contributed by atoms with E-state index in [2.05, 4.69) is 5.32 Å². The molecular weight excluding hydrogens is 289 g/mol. The number of hydrogen-bond acceptors (Lipinski definition) is 2. The summed E-state index contributed by atoms with van der Waals surface area (Å²) in [6.07, 6.45) is 2.05. The number of carboxylic acid groups (broad SMARTS) is 1. The maximum atomic E-state index is 12.1.